The van der Waals surface area contributed by atoms with Gasteiger partial charge in [-0.05, 0) is 35.9 Å². The summed E-state index contributed by atoms with van der Waals surface area (Å²) in [7, 11) is 0. The molecule has 1 amide bonds. The van der Waals surface area contributed by atoms with E-state index in [0.717, 1.165) is 30.5 Å². The van der Waals surface area contributed by atoms with Crippen LogP contribution in [-0.2, 0) is 11.2 Å². The van der Waals surface area contributed by atoms with E-state index in [-0.39, 0.29) is 23.4 Å². The average Bonchev–Trinajstić information content (AvgIpc) is 2.74. The Bertz CT molecular complexity index is 541. The van der Waals surface area contributed by atoms with Gasteiger partial charge in [0.2, 0.25) is 5.91 Å². The normalized spacial score (nSPS) is 30.7. The van der Waals surface area contributed by atoms with Gasteiger partial charge in [-0.25, -0.2) is 0 Å². The molecule has 0 bridgehead atoms. The summed E-state index contributed by atoms with van der Waals surface area (Å²) in [5.41, 5.74) is 2.13. The van der Waals surface area contributed by atoms with Crippen molar-refractivity contribution in [3.8, 4) is 0 Å². The molecule has 3 N–H and O–H groups in total. The number of nitrogens with one attached hydrogen (secondary N) is 2. The standard InChI is InChI=1S/C17H24N2O2/c1-17(2)8-5-9-18-15(17)16(21)19-14-12-7-4-3-6-11(12)10-13(14)20/h3-4,6-7,13-15,18,20H,5,8-10H2,1-2H3,(H,19,21)/t13-,14+,15?/m0/s1. The minimum Gasteiger partial charge on any atom is -0.390 e. The maximum Gasteiger partial charge on any atom is 0.238 e. The number of hydrogen-bond donors (Lipinski definition) is 3. The van der Waals surface area contributed by atoms with E-state index in [9.17, 15) is 9.90 Å². The van der Waals surface area contributed by atoms with E-state index in [1.54, 1.807) is 0 Å². The van der Waals surface area contributed by atoms with Crippen LogP contribution in [0.4, 0.5) is 0 Å². The second-order valence-electron chi connectivity index (χ2n) is 6.94. The first kappa shape index (κ1) is 14.5. The number of amides is 1. The SMILES string of the molecule is CC1(C)CCCNC1C(=O)N[C@@H]1c2ccccc2C[C@@H]1O. The van der Waals surface area contributed by atoms with E-state index < -0.39 is 6.10 Å². The van der Waals surface area contributed by atoms with E-state index in [1.165, 1.54) is 0 Å². The van der Waals surface area contributed by atoms with Gasteiger partial charge in [-0.15, -0.1) is 0 Å². The Morgan fingerprint density at radius 3 is 2.90 bits per heavy atom. The lowest BCUT2D eigenvalue weighted by Gasteiger charge is -2.39. The van der Waals surface area contributed by atoms with Gasteiger partial charge in [0, 0.05) is 6.42 Å². The van der Waals surface area contributed by atoms with Crippen LogP contribution in [0, 0.1) is 5.41 Å². The molecule has 3 atom stereocenters. The number of fused-ring (bicyclic) bond motifs is 1. The molecule has 1 aliphatic carbocycles. The predicted molar refractivity (Wildman–Crippen MR) is 81.8 cm³/mol. The zero-order valence-corrected chi connectivity index (χ0v) is 12.7. The first-order valence-corrected chi connectivity index (χ1v) is 7.79. The second-order valence-corrected chi connectivity index (χ2v) is 6.94. The molecule has 2 aliphatic rings. The number of rotatable bonds is 2. The number of piperidine rings is 1. The molecular formula is C17H24N2O2. The van der Waals surface area contributed by atoms with Crippen molar-refractivity contribution in [3.63, 3.8) is 0 Å². The summed E-state index contributed by atoms with van der Waals surface area (Å²) in [6.07, 6.45) is 2.23. The summed E-state index contributed by atoms with van der Waals surface area (Å²) in [6, 6.07) is 7.48. The summed E-state index contributed by atoms with van der Waals surface area (Å²) in [5.74, 6) is 0.000420. The lowest BCUT2D eigenvalue weighted by atomic mass is 9.77. The van der Waals surface area contributed by atoms with E-state index in [2.05, 4.69) is 24.5 Å². The van der Waals surface area contributed by atoms with Crippen LogP contribution < -0.4 is 10.6 Å². The van der Waals surface area contributed by atoms with Crippen molar-refractivity contribution >= 4 is 5.91 Å². The lowest BCUT2D eigenvalue weighted by Crippen LogP contribution is -2.56. The highest BCUT2D eigenvalue weighted by molar-refractivity contribution is 5.83. The smallest absolute Gasteiger partial charge is 0.238 e. The van der Waals surface area contributed by atoms with Crippen molar-refractivity contribution in [1.82, 2.24) is 10.6 Å². The third kappa shape index (κ3) is 2.70. The van der Waals surface area contributed by atoms with E-state index in [1.807, 2.05) is 24.3 Å². The molecule has 1 unspecified atom stereocenters. The van der Waals surface area contributed by atoms with Crippen molar-refractivity contribution < 1.29 is 9.90 Å². The first-order valence-electron chi connectivity index (χ1n) is 7.79. The molecular weight excluding hydrogens is 264 g/mol. The van der Waals surface area contributed by atoms with Gasteiger partial charge < -0.3 is 15.7 Å². The Kier molecular flexibility index (Phi) is 3.76. The molecule has 0 radical (unpaired) electrons. The van der Waals surface area contributed by atoms with Crippen molar-refractivity contribution in [3.05, 3.63) is 35.4 Å². The van der Waals surface area contributed by atoms with Crippen LogP contribution in [0.2, 0.25) is 0 Å². The molecule has 0 saturated carbocycles. The molecule has 21 heavy (non-hydrogen) atoms. The highest BCUT2D eigenvalue weighted by Gasteiger charge is 2.40. The fraction of sp³-hybridized carbons (Fsp3) is 0.588. The number of aliphatic hydroxyl groups excluding tert-OH is 1. The number of carbonyl (C=O) groups is 1. The minimum atomic E-state index is -0.530. The number of hydrogen-bond acceptors (Lipinski definition) is 3. The largest absolute Gasteiger partial charge is 0.390 e. The van der Waals surface area contributed by atoms with Gasteiger partial charge in [0.25, 0.3) is 0 Å². The molecule has 1 heterocycles. The Hall–Kier alpha value is -1.39. The van der Waals surface area contributed by atoms with Crippen LogP contribution in [0.5, 0.6) is 0 Å². The van der Waals surface area contributed by atoms with Gasteiger partial charge in [-0.3, -0.25) is 4.79 Å². The Morgan fingerprint density at radius 1 is 1.38 bits per heavy atom. The Labute approximate surface area is 125 Å². The fourth-order valence-electron chi connectivity index (χ4n) is 3.64. The molecule has 1 aliphatic heterocycles. The van der Waals surface area contributed by atoms with Gasteiger partial charge in [0.1, 0.15) is 0 Å². The van der Waals surface area contributed by atoms with Crippen LogP contribution in [0.3, 0.4) is 0 Å². The summed E-state index contributed by atoms with van der Waals surface area (Å²) in [5, 5.41) is 16.6. The molecule has 1 fully saturated rings. The number of carbonyl (C=O) groups excluding carboxylic acids is 1. The average molecular weight is 288 g/mol. The number of benzene rings is 1. The predicted octanol–water partition coefficient (Wildman–Crippen LogP) is 1.54. The van der Waals surface area contributed by atoms with Gasteiger partial charge in [0.15, 0.2) is 0 Å². The molecule has 4 nitrogen and oxygen atoms in total. The monoisotopic (exact) mass is 288 g/mol. The van der Waals surface area contributed by atoms with Crippen LogP contribution >= 0.6 is 0 Å². The first-order chi connectivity index (χ1) is 9.99. The zero-order valence-electron chi connectivity index (χ0n) is 12.7. The lowest BCUT2D eigenvalue weighted by molar-refractivity contribution is -0.128. The third-order valence-electron chi connectivity index (χ3n) is 4.89. The summed E-state index contributed by atoms with van der Waals surface area (Å²) in [4.78, 5) is 12.6. The maximum absolute atomic E-state index is 12.6. The maximum atomic E-state index is 12.6. The van der Waals surface area contributed by atoms with Crippen molar-refractivity contribution in [2.24, 2.45) is 5.41 Å². The van der Waals surface area contributed by atoms with Crippen LogP contribution in [0.15, 0.2) is 24.3 Å². The quantitative estimate of drug-likeness (QED) is 0.773. The zero-order chi connectivity index (χ0) is 15.0. The molecule has 4 heteroatoms. The van der Waals surface area contributed by atoms with Crippen molar-refractivity contribution in [1.29, 1.82) is 0 Å². The van der Waals surface area contributed by atoms with Gasteiger partial charge in [-0.2, -0.15) is 0 Å². The minimum absolute atomic E-state index is 0.000420. The Balaban J connectivity index is 1.76. The van der Waals surface area contributed by atoms with Gasteiger partial charge in [-0.1, -0.05) is 38.1 Å². The summed E-state index contributed by atoms with van der Waals surface area (Å²) < 4.78 is 0. The van der Waals surface area contributed by atoms with E-state index >= 15 is 0 Å². The third-order valence-corrected chi connectivity index (χ3v) is 4.89. The molecule has 0 aromatic heterocycles. The summed E-state index contributed by atoms with van der Waals surface area (Å²) >= 11 is 0. The molecule has 1 saturated heterocycles. The fourth-order valence-corrected chi connectivity index (χ4v) is 3.64. The van der Waals surface area contributed by atoms with Crippen molar-refractivity contribution in [2.75, 3.05) is 6.54 Å². The van der Waals surface area contributed by atoms with Crippen molar-refractivity contribution in [2.45, 2.75) is 51.3 Å². The van der Waals surface area contributed by atoms with E-state index in [4.69, 9.17) is 0 Å². The van der Waals surface area contributed by atoms with Crippen LogP contribution in [-0.4, -0.2) is 29.7 Å². The molecule has 3 rings (SSSR count). The van der Waals surface area contributed by atoms with Crippen LogP contribution in [0.1, 0.15) is 43.9 Å². The van der Waals surface area contributed by atoms with Crippen LogP contribution in [0.25, 0.3) is 0 Å². The van der Waals surface area contributed by atoms with Gasteiger partial charge in [0.05, 0.1) is 18.2 Å². The molecule has 1 aromatic carbocycles. The molecule has 114 valence electrons. The Morgan fingerprint density at radius 2 is 2.14 bits per heavy atom. The second kappa shape index (κ2) is 5.43. The summed E-state index contributed by atoms with van der Waals surface area (Å²) in [6.45, 7) is 5.14. The van der Waals surface area contributed by atoms with Gasteiger partial charge >= 0.3 is 0 Å². The molecule has 1 aromatic rings. The van der Waals surface area contributed by atoms with E-state index in [0.29, 0.717) is 6.42 Å². The molecule has 0 spiro atoms. The topological polar surface area (TPSA) is 61.4 Å². The highest BCUT2D eigenvalue weighted by Crippen LogP contribution is 2.33. The highest BCUT2D eigenvalue weighted by atomic mass is 16.3. The number of aliphatic hydroxyl groups is 1.